The maximum Gasteiger partial charge on any atom is 0.224 e. The lowest BCUT2D eigenvalue weighted by atomic mass is 9.75. The number of hydrogen-bond donors (Lipinski definition) is 1. The Morgan fingerprint density at radius 3 is 2.27 bits per heavy atom. The zero-order chi connectivity index (χ0) is 8.28. The van der Waals surface area contributed by atoms with E-state index < -0.39 is 0 Å². The third kappa shape index (κ3) is 0.608. The molecule has 1 amide bonds. The molecule has 1 N–H and O–H groups in total. The van der Waals surface area contributed by atoms with Crippen LogP contribution in [-0.4, -0.2) is 11.4 Å². The molecule has 2 rings (SSSR count). The molecule has 1 aliphatic carbocycles. The highest BCUT2D eigenvalue weighted by atomic mass is 16.2. The molecule has 11 heavy (non-hydrogen) atoms. The lowest BCUT2D eigenvalue weighted by Gasteiger charge is -2.32. The van der Waals surface area contributed by atoms with Crippen molar-refractivity contribution in [1.29, 1.82) is 0 Å². The number of piperidine rings is 1. The number of fused-ring (bicyclic) bond motifs is 2. The Labute approximate surface area is 67.4 Å². The van der Waals surface area contributed by atoms with Crippen LogP contribution >= 0.6 is 0 Å². The average Bonchev–Trinajstić information content (AvgIpc) is 2.13. The van der Waals surface area contributed by atoms with E-state index in [0.717, 1.165) is 12.8 Å². The highest BCUT2D eigenvalue weighted by Gasteiger charge is 2.60. The molecule has 0 unspecified atom stereocenters. The molecule has 1 aliphatic heterocycles. The summed E-state index contributed by atoms with van der Waals surface area (Å²) in [6, 6.07) is 0. The minimum absolute atomic E-state index is 0.0781. The van der Waals surface area contributed by atoms with Crippen molar-refractivity contribution in [2.45, 2.75) is 39.2 Å². The van der Waals surface area contributed by atoms with Crippen LogP contribution in [0, 0.1) is 11.3 Å². The first-order chi connectivity index (χ1) is 4.97. The van der Waals surface area contributed by atoms with E-state index in [2.05, 4.69) is 26.1 Å². The first-order valence-corrected chi connectivity index (χ1v) is 4.29. The van der Waals surface area contributed by atoms with Gasteiger partial charge in [-0.05, 0) is 25.2 Å². The van der Waals surface area contributed by atoms with E-state index in [1.165, 1.54) is 0 Å². The summed E-state index contributed by atoms with van der Waals surface area (Å²) >= 11 is 0. The van der Waals surface area contributed by atoms with Crippen molar-refractivity contribution in [2.24, 2.45) is 11.3 Å². The van der Waals surface area contributed by atoms with Gasteiger partial charge in [0.25, 0.3) is 0 Å². The molecule has 2 fully saturated rings. The van der Waals surface area contributed by atoms with E-state index in [4.69, 9.17) is 0 Å². The highest BCUT2D eigenvalue weighted by molar-refractivity contribution is 5.84. The summed E-state index contributed by atoms with van der Waals surface area (Å²) in [5, 5.41) is 3.08. The van der Waals surface area contributed by atoms with Crippen molar-refractivity contribution < 1.29 is 4.79 Å². The van der Waals surface area contributed by atoms with Crippen LogP contribution in [0.1, 0.15) is 33.6 Å². The van der Waals surface area contributed by atoms with Crippen molar-refractivity contribution in [3.05, 3.63) is 0 Å². The minimum Gasteiger partial charge on any atom is -0.350 e. The van der Waals surface area contributed by atoms with Gasteiger partial charge in [0, 0.05) is 11.5 Å². The van der Waals surface area contributed by atoms with Crippen LogP contribution in [0.2, 0.25) is 0 Å². The highest BCUT2D eigenvalue weighted by Crippen LogP contribution is 2.54. The Morgan fingerprint density at radius 2 is 2.09 bits per heavy atom. The summed E-state index contributed by atoms with van der Waals surface area (Å²) in [5.74, 6) is 0.538. The van der Waals surface area contributed by atoms with Crippen LogP contribution in [-0.2, 0) is 4.79 Å². The van der Waals surface area contributed by atoms with Crippen LogP contribution in [0.5, 0.6) is 0 Å². The summed E-state index contributed by atoms with van der Waals surface area (Å²) in [5.41, 5.74) is 0.249. The largest absolute Gasteiger partial charge is 0.350 e. The summed E-state index contributed by atoms with van der Waals surface area (Å²) < 4.78 is 0. The lowest BCUT2D eigenvalue weighted by Crippen LogP contribution is -2.45. The van der Waals surface area contributed by atoms with Gasteiger partial charge in [-0.2, -0.15) is 0 Å². The number of hydrogen-bond acceptors (Lipinski definition) is 1. The van der Waals surface area contributed by atoms with E-state index in [9.17, 15) is 4.79 Å². The molecule has 1 saturated carbocycles. The standard InChI is InChI=1S/C9H15NO/c1-8(2)6-4-5-9(8,3)10-7(6)11/h6H,4-5H2,1-3H3,(H,10,11)/t6-,9-/m1/s1. The fourth-order valence-corrected chi connectivity index (χ4v) is 2.54. The van der Waals surface area contributed by atoms with Gasteiger partial charge in [0.2, 0.25) is 5.91 Å². The van der Waals surface area contributed by atoms with Gasteiger partial charge in [0.1, 0.15) is 0 Å². The van der Waals surface area contributed by atoms with E-state index in [1.54, 1.807) is 0 Å². The van der Waals surface area contributed by atoms with Gasteiger partial charge in [-0.15, -0.1) is 0 Å². The van der Waals surface area contributed by atoms with E-state index >= 15 is 0 Å². The van der Waals surface area contributed by atoms with Crippen LogP contribution in [0.4, 0.5) is 0 Å². The first-order valence-electron chi connectivity index (χ1n) is 4.29. The molecule has 0 aromatic rings. The molecule has 0 spiro atoms. The molecule has 0 aromatic carbocycles. The topological polar surface area (TPSA) is 29.1 Å². The quantitative estimate of drug-likeness (QED) is 0.558. The van der Waals surface area contributed by atoms with Crippen molar-refractivity contribution in [3.8, 4) is 0 Å². The number of amides is 1. The third-order valence-electron chi connectivity index (χ3n) is 3.94. The van der Waals surface area contributed by atoms with Crippen molar-refractivity contribution in [3.63, 3.8) is 0 Å². The molecule has 62 valence electrons. The van der Waals surface area contributed by atoms with Crippen molar-refractivity contribution in [2.75, 3.05) is 0 Å². The molecule has 1 saturated heterocycles. The molecule has 2 heteroatoms. The number of carbonyl (C=O) groups is 1. The van der Waals surface area contributed by atoms with Crippen molar-refractivity contribution >= 4 is 5.91 Å². The van der Waals surface area contributed by atoms with Gasteiger partial charge in [0.15, 0.2) is 0 Å². The fraction of sp³-hybridized carbons (Fsp3) is 0.889. The summed E-state index contributed by atoms with van der Waals surface area (Å²) in [6.45, 7) is 6.56. The molecule has 0 radical (unpaired) electrons. The predicted molar refractivity (Wildman–Crippen MR) is 43.1 cm³/mol. The van der Waals surface area contributed by atoms with Gasteiger partial charge in [-0.25, -0.2) is 0 Å². The molecular weight excluding hydrogens is 138 g/mol. The van der Waals surface area contributed by atoms with Crippen LogP contribution in [0.15, 0.2) is 0 Å². The van der Waals surface area contributed by atoms with Gasteiger partial charge < -0.3 is 5.32 Å². The van der Waals surface area contributed by atoms with Crippen LogP contribution in [0.25, 0.3) is 0 Å². The maximum atomic E-state index is 11.3. The lowest BCUT2D eigenvalue weighted by molar-refractivity contribution is -0.124. The Bertz CT molecular complexity index is 219. The SMILES string of the molecule is CC1(C)[C@@H]2CC[C@@]1(C)NC2=O. The smallest absolute Gasteiger partial charge is 0.224 e. The molecule has 1 heterocycles. The van der Waals surface area contributed by atoms with E-state index in [1.807, 2.05) is 0 Å². The second kappa shape index (κ2) is 1.62. The zero-order valence-corrected chi connectivity index (χ0v) is 7.40. The summed E-state index contributed by atoms with van der Waals surface area (Å²) in [7, 11) is 0. The Balaban J connectivity index is 2.45. The normalized spacial score (nSPS) is 46.1. The molecule has 2 aliphatic rings. The van der Waals surface area contributed by atoms with Gasteiger partial charge in [-0.3, -0.25) is 4.79 Å². The Kier molecular flexibility index (Phi) is 1.05. The maximum absolute atomic E-state index is 11.3. The summed E-state index contributed by atoms with van der Waals surface area (Å²) in [4.78, 5) is 11.3. The predicted octanol–water partition coefficient (Wildman–Crippen LogP) is 1.31. The fourth-order valence-electron chi connectivity index (χ4n) is 2.54. The van der Waals surface area contributed by atoms with Gasteiger partial charge >= 0.3 is 0 Å². The number of rotatable bonds is 0. The zero-order valence-electron chi connectivity index (χ0n) is 7.40. The first kappa shape index (κ1) is 7.14. The van der Waals surface area contributed by atoms with Gasteiger partial charge in [0.05, 0.1) is 0 Å². The minimum atomic E-state index is 0.0781. The molecule has 2 atom stereocenters. The average molecular weight is 153 g/mol. The van der Waals surface area contributed by atoms with Crippen LogP contribution < -0.4 is 5.32 Å². The Morgan fingerprint density at radius 1 is 1.45 bits per heavy atom. The van der Waals surface area contributed by atoms with Gasteiger partial charge in [-0.1, -0.05) is 13.8 Å². The van der Waals surface area contributed by atoms with Crippen molar-refractivity contribution in [1.82, 2.24) is 5.32 Å². The molecular formula is C9H15NO. The Hall–Kier alpha value is -0.530. The molecule has 0 aromatic heterocycles. The van der Waals surface area contributed by atoms with E-state index in [-0.39, 0.29) is 22.8 Å². The second-order valence-corrected chi connectivity index (χ2v) is 4.63. The number of nitrogens with one attached hydrogen (secondary N) is 1. The second-order valence-electron chi connectivity index (χ2n) is 4.63. The van der Waals surface area contributed by atoms with Crippen LogP contribution in [0.3, 0.4) is 0 Å². The van der Waals surface area contributed by atoms with E-state index in [0.29, 0.717) is 0 Å². The number of carbonyl (C=O) groups excluding carboxylic acids is 1. The third-order valence-corrected chi connectivity index (χ3v) is 3.94. The molecule has 2 nitrogen and oxygen atoms in total. The molecule has 2 bridgehead atoms. The monoisotopic (exact) mass is 153 g/mol. The summed E-state index contributed by atoms with van der Waals surface area (Å²) in [6.07, 6.45) is 2.23.